The average Bonchev–Trinajstić information content (AvgIpc) is 3.22. The number of benzene rings is 3. The number of nitrogens with zero attached hydrogens (tertiary/aromatic N) is 1. The van der Waals surface area contributed by atoms with Crippen molar-refractivity contribution in [2.75, 3.05) is 13.7 Å². The van der Waals surface area contributed by atoms with Gasteiger partial charge in [0.05, 0.1) is 24.1 Å². The first-order valence-corrected chi connectivity index (χ1v) is 12.3. The van der Waals surface area contributed by atoms with E-state index < -0.39 is 16.0 Å². The topological polar surface area (TPSA) is 94.8 Å². The van der Waals surface area contributed by atoms with E-state index in [0.717, 1.165) is 16.9 Å². The van der Waals surface area contributed by atoms with Crippen LogP contribution in [0.4, 0.5) is 0 Å². The molecule has 1 N–H and O–H groups in total. The van der Waals surface area contributed by atoms with Crippen LogP contribution >= 0.6 is 0 Å². The molecule has 0 aliphatic heterocycles. The first-order chi connectivity index (χ1) is 16.3. The summed E-state index contributed by atoms with van der Waals surface area (Å²) in [6.07, 6.45) is 1.60. The molecule has 0 amide bonds. The molecule has 0 fully saturated rings. The zero-order chi connectivity index (χ0) is 24.3. The molecular formula is C26H25NO6S. The molecule has 1 aromatic heterocycles. The molecule has 0 atom stereocenters. The van der Waals surface area contributed by atoms with Crippen LogP contribution in [0.1, 0.15) is 18.9 Å². The van der Waals surface area contributed by atoms with Gasteiger partial charge in [-0.3, -0.25) is 4.79 Å². The second-order valence-corrected chi connectivity index (χ2v) is 9.53. The molecule has 0 saturated carbocycles. The molecule has 0 spiro atoms. The maximum absolute atomic E-state index is 13.7. The molecule has 0 bridgehead atoms. The summed E-state index contributed by atoms with van der Waals surface area (Å²) in [5.74, 6) is 0.365. The maximum Gasteiger partial charge on any atom is 0.303 e. The van der Waals surface area contributed by atoms with Gasteiger partial charge in [0.25, 0.3) is 10.0 Å². The molecule has 34 heavy (non-hydrogen) atoms. The van der Waals surface area contributed by atoms with E-state index in [2.05, 4.69) is 0 Å². The normalized spacial score (nSPS) is 11.5. The standard InChI is InChI=1S/C26H25NO6S/c1-3-33-21-10-7-18(8-11-21)19-5-4-6-23(15-19)34(30,31)27-17-20(9-14-26(28)29)24-16-22(32-2)12-13-25(24)27/h4-8,10-13,15-17H,3,9,14H2,1-2H3,(H,28,29). The van der Waals surface area contributed by atoms with Crippen molar-refractivity contribution in [3.63, 3.8) is 0 Å². The fourth-order valence-electron chi connectivity index (χ4n) is 3.87. The largest absolute Gasteiger partial charge is 0.497 e. The number of hydrogen-bond acceptors (Lipinski definition) is 5. The summed E-state index contributed by atoms with van der Waals surface area (Å²) < 4.78 is 39.3. The summed E-state index contributed by atoms with van der Waals surface area (Å²) in [5, 5.41) is 9.77. The van der Waals surface area contributed by atoms with E-state index in [-0.39, 0.29) is 17.7 Å². The molecule has 4 aromatic rings. The molecular weight excluding hydrogens is 454 g/mol. The molecule has 1 heterocycles. The second-order valence-electron chi connectivity index (χ2n) is 7.72. The zero-order valence-electron chi connectivity index (χ0n) is 18.9. The minimum Gasteiger partial charge on any atom is -0.497 e. The van der Waals surface area contributed by atoms with Gasteiger partial charge in [0.1, 0.15) is 11.5 Å². The highest BCUT2D eigenvalue weighted by Gasteiger charge is 2.22. The van der Waals surface area contributed by atoms with Crippen molar-refractivity contribution in [1.82, 2.24) is 3.97 Å². The number of aryl methyl sites for hydroxylation is 1. The Hall–Kier alpha value is -3.78. The third kappa shape index (κ3) is 4.63. The van der Waals surface area contributed by atoms with Gasteiger partial charge >= 0.3 is 5.97 Å². The zero-order valence-corrected chi connectivity index (χ0v) is 19.7. The van der Waals surface area contributed by atoms with E-state index in [0.29, 0.717) is 28.8 Å². The van der Waals surface area contributed by atoms with Gasteiger partial charge < -0.3 is 14.6 Å². The number of carboxylic acids is 1. The van der Waals surface area contributed by atoms with E-state index >= 15 is 0 Å². The number of hydrogen-bond donors (Lipinski definition) is 1. The highest BCUT2D eigenvalue weighted by Crippen LogP contribution is 2.31. The Balaban J connectivity index is 1.78. The fourth-order valence-corrected chi connectivity index (χ4v) is 5.31. The number of rotatable bonds is 9. The number of aliphatic carboxylic acids is 1. The van der Waals surface area contributed by atoms with Gasteiger partial charge in [-0.05, 0) is 72.5 Å². The van der Waals surface area contributed by atoms with Gasteiger partial charge in [0.15, 0.2) is 0 Å². The van der Waals surface area contributed by atoms with Crippen LogP contribution in [0.5, 0.6) is 11.5 Å². The number of methoxy groups -OCH3 is 1. The number of fused-ring (bicyclic) bond motifs is 1. The van der Waals surface area contributed by atoms with Crippen molar-refractivity contribution < 1.29 is 27.8 Å². The number of carboxylic acid groups (broad SMARTS) is 1. The van der Waals surface area contributed by atoms with Crippen molar-refractivity contribution in [1.29, 1.82) is 0 Å². The maximum atomic E-state index is 13.7. The predicted octanol–water partition coefficient (Wildman–Crippen LogP) is 4.97. The molecule has 0 aliphatic carbocycles. The Kier molecular flexibility index (Phi) is 6.61. The lowest BCUT2D eigenvalue weighted by Gasteiger charge is -2.10. The molecule has 0 radical (unpaired) electrons. The van der Waals surface area contributed by atoms with Gasteiger partial charge in [-0.1, -0.05) is 24.3 Å². The lowest BCUT2D eigenvalue weighted by atomic mass is 10.1. The van der Waals surface area contributed by atoms with Crippen molar-refractivity contribution in [2.45, 2.75) is 24.7 Å². The monoisotopic (exact) mass is 479 g/mol. The molecule has 0 unspecified atom stereocenters. The van der Waals surface area contributed by atoms with Gasteiger partial charge in [-0.25, -0.2) is 12.4 Å². The molecule has 7 nitrogen and oxygen atoms in total. The Morgan fingerprint density at radius 3 is 2.38 bits per heavy atom. The third-order valence-corrected chi connectivity index (χ3v) is 7.23. The highest BCUT2D eigenvalue weighted by molar-refractivity contribution is 7.90. The quantitative estimate of drug-likeness (QED) is 0.364. The second kappa shape index (κ2) is 9.61. The first-order valence-electron chi connectivity index (χ1n) is 10.8. The first kappa shape index (κ1) is 23.4. The van der Waals surface area contributed by atoms with Crippen LogP contribution in [0.15, 0.2) is 77.8 Å². The van der Waals surface area contributed by atoms with Crippen LogP contribution in [0, 0.1) is 0 Å². The minimum absolute atomic E-state index is 0.108. The lowest BCUT2D eigenvalue weighted by molar-refractivity contribution is -0.136. The van der Waals surface area contributed by atoms with E-state index in [1.807, 2.05) is 37.3 Å². The molecule has 0 saturated heterocycles. The van der Waals surface area contributed by atoms with E-state index in [1.54, 1.807) is 36.4 Å². The van der Waals surface area contributed by atoms with Gasteiger partial charge in [-0.15, -0.1) is 0 Å². The Morgan fingerprint density at radius 1 is 0.971 bits per heavy atom. The Morgan fingerprint density at radius 2 is 1.71 bits per heavy atom. The summed E-state index contributed by atoms with van der Waals surface area (Å²) in [5.41, 5.74) is 2.72. The van der Waals surface area contributed by atoms with Gasteiger partial charge in [-0.2, -0.15) is 0 Å². The van der Waals surface area contributed by atoms with E-state index in [1.165, 1.54) is 17.3 Å². The third-order valence-electron chi connectivity index (χ3n) is 5.56. The van der Waals surface area contributed by atoms with Crippen LogP contribution in [0.25, 0.3) is 22.0 Å². The van der Waals surface area contributed by atoms with Crippen LogP contribution in [-0.4, -0.2) is 37.2 Å². The van der Waals surface area contributed by atoms with E-state index in [9.17, 15) is 13.2 Å². The summed E-state index contributed by atoms with van der Waals surface area (Å²) >= 11 is 0. The molecule has 0 aliphatic rings. The summed E-state index contributed by atoms with van der Waals surface area (Å²) in [4.78, 5) is 11.3. The molecule has 4 rings (SSSR count). The predicted molar refractivity (Wildman–Crippen MR) is 130 cm³/mol. The Bertz CT molecular complexity index is 1440. The van der Waals surface area contributed by atoms with Crippen molar-refractivity contribution in [3.05, 3.63) is 78.5 Å². The molecule has 3 aromatic carbocycles. The number of carbonyl (C=O) groups is 1. The Labute approximate surface area is 198 Å². The SMILES string of the molecule is CCOc1ccc(-c2cccc(S(=O)(=O)n3cc(CCC(=O)O)c4cc(OC)ccc43)c2)cc1. The van der Waals surface area contributed by atoms with Crippen LogP contribution < -0.4 is 9.47 Å². The van der Waals surface area contributed by atoms with E-state index in [4.69, 9.17) is 14.6 Å². The van der Waals surface area contributed by atoms with Gasteiger partial charge in [0.2, 0.25) is 0 Å². The van der Waals surface area contributed by atoms with Crippen molar-refractivity contribution >= 4 is 26.9 Å². The highest BCUT2D eigenvalue weighted by atomic mass is 32.2. The van der Waals surface area contributed by atoms with Gasteiger partial charge in [0, 0.05) is 18.0 Å². The number of ether oxygens (including phenoxy) is 2. The van der Waals surface area contributed by atoms with Crippen molar-refractivity contribution in [3.8, 4) is 22.6 Å². The summed E-state index contributed by atoms with van der Waals surface area (Å²) in [7, 11) is -2.42. The van der Waals surface area contributed by atoms with Crippen LogP contribution in [0.3, 0.4) is 0 Å². The molecule has 8 heteroatoms. The average molecular weight is 480 g/mol. The smallest absolute Gasteiger partial charge is 0.303 e. The summed E-state index contributed by atoms with van der Waals surface area (Å²) in [6, 6.07) is 19.3. The van der Waals surface area contributed by atoms with Crippen molar-refractivity contribution in [2.24, 2.45) is 0 Å². The fraction of sp³-hybridized carbons (Fsp3) is 0.192. The lowest BCUT2D eigenvalue weighted by Crippen LogP contribution is -2.12. The van der Waals surface area contributed by atoms with Crippen LogP contribution in [-0.2, 0) is 21.2 Å². The minimum atomic E-state index is -3.95. The number of aromatic nitrogens is 1. The molecule has 176 valence electrons. The summed E-state index contributed by atoms with van der Waals surface area (Å²) in [6.45, 7) is 2.48. The van der Waals surface area contributed by atoms with Crippen LogP contribution in [0.2, 0.25) is 0 Å².